The van der Waals surface area contributed by atoms with E-state index in [2.05, 4.69) is 21.4 Å². The van der Waals surface area contributed by atoms with Gasteiger partial charge in [-0.1, -0.05) is 30.3 Å². The predicted octanol–water partition coefficient (Wildman–Crippen LogP) is 4.45. The Morgan fingerprint density at radius 2 is 1.64 bits per heavy atom. The van der Waals surface area contributed by atoms with E-state index in [0.29, 0.717) is 16.8 Å². The van der Waals surface area contributed by atoms with Crippen LogP contribution in [0.1, 0.15) is 21.6 Å². The molecule has 1 amide bonds. The number of hydrogen-bond donors (Lipinski definition) is 1. The van der Waals surface area contributed by atoms with E-state index in [9.17, 15) is 13.2 Å². The molecule has 4 aromatic rings. The zero-order valence-electron chi connectivity index (χ0n) is 18.3. The first-order valence-corrected chi connectivity index (χ1v) is 12.3. The molecule has 0 bridgehead atoms. The summed E-state index contributed by atoms with van der Waals surface area (Å²) in [5.41, 5.74) is 5.50. The Morgan fingerprint density at radius 3 is 2.39 bits per heavy atom. The number of sulfone groups is 1. The molecule has 1 N–H and O–H groups in total. The van der Waals surface area contributed by atoms with E-state index in [1.54, 1.807) is 31.5 Å². The number of carbonyl (C=O) groups excluding carboxylic acids is 1. The summed E-state index contributed by atoms with van der Waals surface area (Å²) in [6.45, 7) is 1.92. The summed E-state index contributed by atoms with van der Waals surface area (Å²) in [6, 6.07) is 22.4. The van der Waals surface area contributed by atoms with Crippen molar-refractivity contribution in [3.63, 3.8) is 0 Å². The molecule has 2 aromatic carbocycles. The molecule has 166 valence electrons. The molecule has 0 fully saturated rings. The van der Waals surface area contributed by atoms with Crippen LogP contribution in [0.5, 0.6) is 0 Å². The summed E-state index contributed by atoms with van der Waals surface area (Å²) in [5.74, 6) is -0.357. The molecule has 33 heavy (non-hydrogen) atoms. The molecule has 0 atom stereocenters. The fourth-order valence-corrected chi connectivity index (χ4v) is 4.55. The quantitative estimate of drug-likeness (QED) is 0.462. The highest BCUT2D eigenvalue weighted by atomic mass is 32.2. The normalized spacial score (nSPS) is 11.2. The molecular formula is C26H23N3O3S. The van der Waals surface area contributed by atoms with E-state index in [1.165, 1.54) is 6.07 Å². The van der Waals surface area contributed by atoms with Gasteiger partial charge in [0.25, 0.3) is 5.91 Å². The lowest BCUT2D eigenvalue weighted by molar-refractivity contribution is 0.0950. The van der Waals surface area contributed by atoms with Gasteiger partial charge in [-0.05, 0) is 66.1 Å². The molecule has 6 nitrogen and oxygen atoms in total. The van der Waals surface area contributed by atoms with Crippen molar-refractivity contribution in [1.29, 1.82) is 0 Å². The Kier molecular flexibility index (Phi) is 6.33. The van der Waals surface area contributed by atoms with E-state index in [-0.39, 0.29) is 17.3 Å². The number of aromatic nitrogens is 2. The summed E-state index contributed by atoms with van der Waals surface area (Å²) in [6.07, 6.45) is 4.61. The summed E-state index contributed by atoms with van der Waals surface area (Å²) in [7, 11) is -3.41. The summed E-state index contributed by atoms with van der Waals surface area (Å²) in [4.78, 5) is 21.5. The number of nitrogens with one attached hydrogen (secondary N) is 1. The van der Waals surface area contributed by atoms with Gasteiger partial charge in [-0.15, -0.1) is 0 Å². The summed E-state index contributed by atoms with van der Waals surface area (Å²) >= 11 is 0. The van der Waals surface area contributed by atoms with Crippen molar-refractivity contribution in [2.24, 2.45) is 0 Å². The second kappa shape index (κ2) is 9.34. The molecule has 7 heteroatoms. The van der Waals surface area contributed by atoms with Gasteiger partial charge in [0.2, 0.25) is 0 Å². The molecule has 2 heterocycles. The highest BCUT2D eigenvalue weighted by Crippen LogP contribution is 2.25. The largest absolute Gasteiger partial charge is 0.346 e. The first-order valence-electron chi connectivity index (χ1n) is 10.4. The van der Waals surface area contributed by atoms with Gasteiger partial charge >= 0.3 is 0 Å². The highest BCUT2D eigenvalue weighted by molar-refractivity contribution is 7.90. The molecule has 4 rings (SSSR count). The minimum atomic E-state index is -3.41. The van der Waals surface area contributed by atoms with Crippen molar-refractivity contribution >= 4 is 15.7 Å². The van der Waals surface area contributed by atoms with Crippen molar-refractivity contribution in [3.8, 4) is 22.4 Å². The Morgan fingerprint density at radius 1 is 0.848 bits per heavy atom. The molecule has 0 aliphatic carbocycles. The maximum atomic E-state index is 12.6. The van der Waals surface area contributed by atoms with Gasteiger partial charge in [-0.3, -0.25) is 14.8 Å². The van der Waals surface area contributed by atoms with E-state index >= 15 is 0 Å². The number of nitrogens with zero attached hydrogens (tertiary/aromatic N) is 2. The number of aryl methyl sites for hydroxylation is 1. The third-order valence-electron chi connectivity index (χ3n) is 5.25. The van der Waals surface area contributed by atoms with Gasteiger partial charge in [0.05, 0.1) is 22.8 Å². The number of amides is 1. The smallest absolute Gasteiger partial charge is 0.251 e. The average Bonchev–Trinajstić information content (AvgIpc) is 2.83. The zero-order valence-corrected chi connectivity index (χ0v) is 19.1. The van der Waals surface area contributed by atoms with Crippen molar-refractivity contribution in [1.82, 2.24) is 15.3 Å². The Bertz CT molecular complexity index is 1420. The third-order valence-corrected chi connectivity index (χ3v) is 6.49. The van der Waals surface area contributed by atoms with E-state index < -0.39 is 9.84 Å². The minimum absolute atomic E-state index is 0.156. The first kappa shape index (κ1) is 22.4. The fraction of sp³-hybridized carbons (Fsp3) is 0.115. The van der Waals surface area contributed by atoms with Gasteiger partial charge in [0.1, 0.15) is 0 Å². The molecule has 0 aliphatic rings. The Hall–Kier alpha value is -3.84. The topological polar surface area (TPSA) is 89.0 Å². The number of hydrogen-bond acceptors (Lipinski definition) is 5. The number of benzene rings is 2. The molecule has 2 aromatic heterocycles. The van der Waals surface area contributed by atoms with Gasteiger partial charge in [-0.2, -0.15) is 0 Å². The third kappa shape index (κ3) is 5.32. The predicted molar refractivity (Wildman–Crippen MR) is 128 cm³/mol. The number of pyridine rings is 2. The lowest BCUT2D eigenvalue weighted by Crippen LogP contribution is -2.23. The second-order valence-electron chi connectivity index (χ2n) is 7.77. The zero-order chi connectivity index (χ0) is 23.4. The lowest BCUT2D eigenvalue weighted by Gasteiger charge is -2.10. The van der Waals surface area contributed by atoms with Crippen LogP contribution in [0.4, 0.5) is 0 Å². The van der Waals surface area contributed by atoms with Crippen LogP contribution in [-0.2, 0) is 16.4 Å². The molecule has 0 unspecified atom stereocenters. The van der Waals surface area contributed by atoms with Crippen molar-refractivity contribution in [2.45, 2.75) is 18.4 Å². The van der Waals surface area contributed by atoms with Crippen LogP contribution >= 0.6 is 0 Å². The monoisotopic (exact) mass is 457 g/mol. The van der Waals surface area contributed by atoms with Crippen LogP contribution in [0.15, 0.2) is 90.1 Å². The van der Waals surface area contributed by atoms with Crippen molar-refractivity contribution in [3.05, 3.63) is 102 Å². The SMILES string of the molecule is Cc1ccc(C(=O)NCc2cc(-c3cccc(-c4ccccn4)c3)ccn2)cc1S(C)(=O)=O. The minimum Gasteiger partial charge on any atom is -0.346 e. The Balaban J connectivity index is 1.51. The van der Waals surface area contributed by atoms with Crippen LogP contribution in [0, 0.1) is 6.92 Å². The van der Waals surface area contributed by atoms with Crippen molar-refractivity contribution in [2.75, 3.05) is 6.26 Å². The van der Waals surface area contributed by atoms with Gasteiger partial charge in [0.15, 0.2) is 9.84 Å². The fourth-order valence-electron chi connectivity index (χ4n) is 3.56. The molecular weight excluding hydrogens is 434 g/mol. The van der Waals surface area contributed by atoms with Crippen LogP contribution < -0.4 is 5.32 Å². The second-order valence-corrected chi connectivity index (χ2v) is 9.75. The van der Waals surface area contributed by atoms with E-state index in [0.717, 1.165) is 28.6 Å². The molecule has 0 saturated heterocycles. The first-order chi connectivity index (χ1) is 15.8. The summed E-state index contributed by atoms with van der Waals surface area (Å²) in [5, 5.41) is 2.82. The van der Waals surface area contributed by atoms with Gasteiger partial charge in [-0.25, -0.2) is 8.42 Å². The molecule has 0 spiro atoms. The Labute approximate surface area is 193 Å². The highest BCUT2D eigenvalue weighted by Gasteiger charge is 2.15. The van der Waals surface area contributed by atoms with Crippen LogP contribution in [0.2, 0.25) is 0 Å². The van der Waals surface area contributed by atoms with Crippen LogP contribution in [0.25, 0.3) is 22.4 Å². The standard InChI is InChI=1S/C26H23N3O3S/c1-18-9-10-22(16-25(18)33(2,31)32)26(30)29-17-23-15-20(11-13-27-23)19-6-5-7-21(14-19)24-8-3-4-12-28-24/h3-16H,17H2,1-2H3,(H,29,30). The number of carbonyl (C=O) groups is 1. The van der Waals surface area contributed by atoms with Crippen LogP contribution in [0.3, 0.4) is 0 Å². The summed E-state index contributed by atoms with van der Waals surface area (Å²) < 4.78 is 23.9. The van der Waals surface area contributed by atoms with Crippen LogP contribution in [-0.4, -0.2) is 30.5 Å². The van der Waals surface area contributed by atoms with E-state index in [1.807, 2.05) is 48.5 Å². The van der Waals surface area contributed by atoms with Gasteiger partial charge in [0, 0.05) is 29.8 Å². The van der Waals surface area contributed by atoms with Crippen molar-refractivity contribution < 1.29 is 13.2 Å². The van der Waals surface area contributed by atoms with Gasteiger partial charge < -0.3 is 5.32 Å². The number of rotatable bonds is 6. The molecule has 0 radical (unpaired) electrons. The van der Waals surface area contributed by atoms with E-state index in [4.69, 9.17) is 0 Å². The maximum Gasteiger partial charge on any atom is 0.251 e. The molecule has 0 aliphatic heterocycles. The molecule has 0 saturated carbocycles. The maximum absolute atomic E-state index is 12.6. The lowest BCUT2D eigenvalue weighted by atomic mass is 10.0. The average molecular weight is 458 g/mol.